The van der Waals surface area contributed by atoms with Crippen LogP contribution in [0.2, 0.25) is 0 Å². The number of aromatic nitrogens is 1. The number of hydrogen-bond acceptors (Lipinski definition) is 3. The van der Waals surface area contributed by atoms with Crippen LogP contribution in [-0.4, -0.2) is 12.1 Å². The summed E-state index contributed by atoms with van der Waals surface area (Å²) < 4.78 is 11.9. The van der Waals surface area contributed by atoms with E-state index >= 15 is 0 Å². The molecule has 19 heavy (non-hydrogen) atoms. The van der Waals surface area contributed by atoms with Gasteiger partial charge in [-0.15, -0.1) is 0 Å². The first-order chi connectivity index (χ1) is 9.08. The van der Waals surface area contributed by atoms with Crippen LogP contribution in [0, 0.1) is 13.8 Å². The molecule has 0 aliphatic carbocycles. The highest BCUT2D eigenvalue weighted by Crippen LogP contribution is 2.26. The maximum Gasteiger partial charge on any atom is 0.134 e. The molecule has 1 heterocycles. The normalized spacial score (nSPS) is 10.3. The van der Waals surface area contributed by atoms with Gasteiger partial charge < -0.3 is 9.47 Å². The Kier molecular flexibility index (Phi) is 4.43. The van der Waals surface area contributed by atoms with Gasteiger partial charge in [0.15, 0.2) is 0 Å². The van der Waals surface area contributed by atoms with Crippen molar-refractivity contribution in [3.63, 3.8) is 0 Å². The molecule has 2 rings (SSSR count). The highest BCUT2D eigenvalue weighted by molar-refractivity contribution is 9.10. The van der Waals surface area contributed by atoms with Crippen molar-refractivity contribution in [2.75, 3.05) is 7.11 Å². The van der Waals surface area contributed by atoms with Crippen molar-refractivity contribution < 1.29 is 9.47 Å². The fourth-order valence-electron chi connectivity index (χ4n) is 1.77. The molecule has 0 saturated heterocycles. The van der Waals surface area contributed by atoms with E-state index in [9.17, 15) is 0 Å². The summed E-state index contributed by atoms with van der Waals surface area (Å²) in [6.45, 7) is 4.40. The SMILES string of the molecule is COc1cc(C)nc(COc2ccc(C)cc2Br)c1. The number of aryl methyl sites for hydroxylation is 2. The summed E-state index contributed by atoms with van der Waals surface area (Å²) in [6.07, 6.45) is 0. The van der Waals surface area contributed by atoms with Gasteiger partial charge in [-0.25, -0.2) is 0 Å². The van der Waals surface area contributed by atoms with E-state index in [1.807, 2.05) is 44.2 Å². The van der Waals surface area contributed by atoms with Crippen LogP contribution >= 0.6 is 15.9 Å². The molecule has 0 amide bonds. The quantitative estimate of drug-likeness (QED) is 0.851. The fourth-order valence-corrected chi connectivity index (χ4v) is 2.38. The van der Waals surface area contributed by atoms with Gasteiger partial charge in [-0.3, -0.25) is 4.98 Å². The van der Waals surface area contributed by atoms with Crippen molar-refractivity contribution in [2.45, 2.75) is 20.5 Å². The topological polar surface area (TPSA) is 31.4 Å². The molecule has 0 unspecified atom stereocenters. The van der Waals surface area contributed by atoms with E-state index in [0.29, 0.717) is 6.61 Å². The Morgan fingerprint density at radius 3 is 2.63 bits per heavy atom. The van der Waals surface area contributed by atoms with Crippen molar-refractivity contribution in [2.24, 2.45) is 0 Å². The Morgan fingerprint density at radius 1 is 1.16 bits per heavy atom. The third kappa shape index (κ3) is 3.70. The minimum absolute atomic E-state index is 0.416. The molecule has 0 atom stereocenters. The zero-order valence-electron chi connectivity index (χ0n) is 11.2. The Bertz CT molecular complexity index is 584. The minimum atomic E-state index is 0.416. The van der Waals surface area contributed by atoms with E-state index in [-0.39, 0.29) is 0 Å². The monoisotopic (exact) mass is 321 g/mol. The Balaban J connectivity index is 2.12. The van der Waals surface area contributed by atoms with Crippen LogP contribution in [0.4, 0.5) is 0 Å². The second kappa shape index (κ2) is 6.06. The maximum atomic E-state index is 5.77. The standard InChI is InChI=1S/C15H16BrNO2/c1-10-4-5-15(14(16)6-10)19-9-12-8-13(18-3)7-11(2)17-12/h4-8H,9H2,1-3H3. The third-order valence-corrected chi connectivity index (χ3v) is 3.30. The number of halogens is 1. The number of rotatable bonds is 4. The summed E-state index contributed by atoms with van der Waals surface area (Å²) in [5, 5.41) is 0. The molecule has 0 fully saturated rings. The first kappa shape index (κ1) is 13.9. The largest absolute Gasteiger partial charge is 0.497 e. The lowest BCUT2D eigenvalue weighted by Gasteiger charge is -2.10. The van der Waals surface area contributed by atoms with Gasteiger partial charge in [0.2, 0.25) is 0 Å². The Hall–Kier alpha value is -1.55. The smallest absolute Gasteiger partial charge is 0.134 e. The molecule has 0 spiro atoms. The highest BCUT2D eigenvalue weighted by Gasteiger charge is 2.04. The molecule has 1 aromatic heterocycles. The molecule has 1 aromatic carbocycles. The lowest BCUT2D eigenvalue weighted by atomic mass is 10.2. The number of methoxy groups -OCH3 is 1. The summed E-state index contributed by atoms with van der Waals surface area (Å²) >= 11 is 3.49. The summed E-state index contributed by atoms with van der Waals surface area (Å²) in [4.78, 5) is 4.42. The summed E-state index contributed by atoms with van der Waals surface area (Å²) in [6, 6.07) is 9.77. The highest BCUT2D eigenvalue weighted by atomic mass is 79.9. The maximum absolute atomic E-state index is 5.77. The molecule has 0 saturated carbocycles. The van der Waals surface area contributed by atoms with Crippen LogP contribution in [0.15, 0.2) is 34.8 Å². The summed E-state index contributed by atoms with van der Waals surface area (Å²) in [5.41, 5.74) is 2.96. The number of hydrogen-bond donors (Lipinski definition) is 0. The lowest BCUT2D eigenvalue weighted by molar-refractivity contribution is 0.298. The number of benzene rings is 1. The van der Waals surface area contributed by atoms with Gasteiger partial charge in [-0.2, -0.15) is 0 Å². The van der Waals surface area contributed by atoms with E-state index < -0.39 is 0 Å². The second-order valence-corrected chi connectivity index (χ2v) is 5.22. The Morgan fingerprint density at radius 2 is 1.95 bits per heavy atom. The number of pyridine rings is 1. The Labute approximate surface area is 121 Å². The van der Waals surface area contributed by atoms with Gasteiger partial charge in [-0.05, 0) is 47.5 Å². The fraction of sp³-hybridized carbons (Fsp3) is 0.267. The first-order valence-corrected chi connectivity index (χ1v) is 6.78. The average Bonchev–Trinajstić information content (AvgIpc) is 2.37. The summed E-state index contributed by atoms with van der Waals surface area (Å²) in [5.74, 6) is 1.61. The zero-order chi connectivity index (χ0) is 13.8. The molecule has 4 heteroatoms. The van der Waals surface area contributed by atoms with Crippen LogP contribution in [0.3, 0.4) is 0 Å². The molecule has 2 aromatic rings. The molecule has 3 nitrogen and oxygen atoms in total. The second-order valence-electron chi connectivity index (χ2n) is 4.36. The molecule has 0 N–H and O–H groups in total. The molecular weight excluding hydrogens is 306 g/mol. The molecule has 0 aliphatic heterocycles. The van der Waals surface area contributed by atoms with Crippen LogP contribution < -0.4 is 9.47 Å². The minimum Gasteiger partial charge on any atom is -0.497 e. The van der Waals surface area contributed by atoms with Crippen molar-refractivity contribution in [1.82, 2.24) is 4.98 Å². The van der Waals surface area contributed by atoms with Crippen molar-refractivity contribution >= 4 is 15.9 Å². The van der Waals surface area contributed by atoms with Crippen LogP contribution in [0.5, 0.6) is 11.5 Å². The predicted octanol–water partition coefficient (Wildman–Crippen LogP) is 4.05. The van der Waals surface area contributed by atoms with Gasteiger partial charge in [0.1, 0.15) is 18.1 Å². The van der Waals surface area contributed by atoms with E-state index in [2.05, 4.69) is 20.9 Å². The van der Waals surface area contributed by atoms with E-state index in [1.165, 1.54) is 5.56 Å². The van der Waals surface area contributed by atoms with E-state index in [0.717, 1.165) is 27.4 Å². The van der Waals surface area contributed by atoms with Gasteiger partial charge in [0.05, 0.1) is 17.3 Å². The van der Waals surface area contributed by atoms with Gasteiger partial charge >= 0.3 is 0 Å². The first-order valence-electron chi connectivity index (χ1n) is 5.99. The molecule has 0 aliphatic rings. The van der Waals surface area contributed by atoms with Crippen LogP contribution in [0.25, 0.3) is 0 Å². The molecular formula is C15H16BrNO2. The van der Waals surface area contributed by atoms with Crippen molar-refractivity contribution in [3.05, 3.63) is 51.8 Å². The van der Waals surface area contributed by atoms with Gasteiger partial charge in [0.25, 0.3) is 0 Å². The van der Waals surface area contributed by atoms with Crippen LogP contribution in [0.1, 0.15) is 17.0 Å². The average molecular weight is 322 g/mol. The lowest BCUT2D eigenvalue weighted by Crippen LogP contribution is -2.01. The zero-order valence-corrected chi connectivity index (χ0v) is 12.8. The number of nitrogens with zero attached hydrogens (tertiary/aromatic N) is 1. The molecule has 100 valence electrons. The number of ether oxygens (including phenoxy) is 2. The van der Waals surface area contributed by atoms with Crippen molar-refractivity contribution in [3.8, 4) is 11.5 Å². The van der Waals surface area contributed by atoms with Gasteiger partial charge in [0, 0.05) is 17.8 Å². The van der Waals surface area contributed by atoms with Crippen LogP contribution in [-0.2, 0) is 6.61 Å². The van der Waals surface area contributed by atoms with Gasteiger partial charge in [-0.1, -0.05) is 6.07 Å². The third-order valence-electron chi connectivity index (χ3n) is 2.68. The molecule has 0 radical (unpaired) electrons. The predicted molar refractivity (Wildman–Crippen MR) is 78.7 cm³/mol. The van der Waals surface area contributed by atoms with Crippen molar-refractivity contribution in [1.29, 1.82) is 0 Å². The van der Waals surface area contributed by atoms with E-state index in [4.69, 9.17) is 9.47 Å². The molecule has 0 bridgehead atoms. The van der Waals surface area contributed by atoms with E-state index in [1.54, 1.807) is 7.11 Å². The summed E-state index contributed by atoms with van der Waals surface area (Å²) in [7, 11) is 1.65.